The molecule has 106 valence electrons. The number of benzene rings is 1. The molecule has 2 aliphatic carbocycles. The molecule has 1 N–H and O–H groups in total. The third-order valence-corrected chi connectivity index (χ3v) is 5.66. The van der Waals surface area contributed by atoms with Crippen molar-refractivity contribution in [1.29, 1.82) is 0 Å². The summed E-state index contributed by atoms with van der Waals surface area (Å²) in [5.74, 6) is 2.94. The molecule has 20 heavy (non-hydrogen) atoms. The molecule has 2 aliphatic rings. The fourth-order valence-corrected chi connectivity index (χ4v) is 4.64. The molecule has 1 aromatic heterocycles. The first kappa shape index (κ1) is 12.5. The maximum Gasteiger partial charge on any atom is 0.134 e. The van der Waals surface area contributed by atoms with E-state index in [-0.39, 0.29) is 0 Å². The van der Waals surface area contributed by atoms with Crippen molar-refractivity contribution in [3.63, 3.8) is 0 Å². The van der Waals surface area contributed by atoms with Crippen LogP contribution in [0.5, 0.6) is 0 Å². The maximum absolute atomic E-state index is 5.72. The Morgan fingerprint density at radius 3 is 2.90 bits per heavy atom. The lowest BCUT2D eigenvalue weighted by Gasteiger charge is -2.26. The smallest absolute Gasteiger partial charge is 0.134 e. The molecule has 0 aliphatic heterocycles. The molecule has 4 unspecified atom stereocenters. The number of fused-ring (bicyclic) bond motifs is 3. The number of hydrogen-bond acceptors (Lipinski definition) is 2. The lowest BCUT2D eigenvalue weighted by molar-refractivity contribution is 0.284. The molecule has 1 aromatic carbocycles. The first-order valence-electron chi connectivity index (χ1n) is 7.98. The molecule has 0 radical (unpaired) electrons. The van der Waals surface area contributed by atoms with Gasteiger partial charge in [-0.15, -0.1) is 0 Å². The van der Waals surface area contributed by atoms with Gasteiger partial charge in [-0.05, 0) is 56.6 Å². The second-order valence-electron chi connectivity index (χ2n) is 6.70. The molecule has 0 spiro atoms. The van der Waals surface area contributed by atoms with Crippen LogP contribution in [0.3, 0.4) is 0 Å². The van der Waals surface area contributed by atoms with Crippen molar-refractivity contribution in [3.8, 4) is 0 Å². The number of para-hydroxylation sites is 1. The van der Waals surface area contributed by atoms with E-state index in [9.17, 15) is 0 Å². The third kappa shape index (κ3) is 1.98. The van der Waals surface area contributed by atoms with Crippen LogP contribution in [0.25, 0.3) is 11.0 Å². The summed E-state index contributed by atoms with van der Waals surface area (Å²) in [5, 5.41) is 4.80. The molecule has 2 nitrogen and oxygen atoms in total. The minimum Gasteiger partial charge on any atom is -0.464 e. The zero-order chi connectivity index (χ0) is 13.5. The highest BCUT2D eigenvalue weighted by Gasteiger charge is 2.40. The van der Waals surface area contributed by atoms with Gasteiger partial charge in [0.25, 0.3) is 0 Å². The van der Waals surface area contributed by atoms with Crippen LogP contribution in [-0.4, -0.2) is 7.05 Å². The Labute approximate surface area is 120 Å². The Balaban J connectivity index is 1.58. The zero-order valence-corrected chi connectivity index (χ0v) is 12.1. The predicted octanol–water partition coefficient (Wildman–Crippen LogP) is 4.52. The number of furan rings is 1. The average molecular weight is 269 g/mol. The van der Waals surface area contributed by atoms with Crippen LogP contribution < -0.4 is 5.32 Å². The fourth-order valence-electron chi connectivity index (χ4n) is 4.64. The maximum atomic E-state index is 5.72. The van der Waals surface area contributed by atoms with Crippen molar-refractivity contribution in [3.05, 3.63) is 36.1 Å². The first-order chi connectivity index (χ1) is 9.85. The molecule has 2 bridgehead atoms. The van der Waals surface area contributed by atoms with Crippen molar-refractivity contribution in [2.75, 3.05) is 7.05 Å². The lowest BCUT2D eigenvalue weighted by Crippen LogP contribution is -2.22. The largest absolute Gasteiger partial charge is 0.464 e. The van der Waals surface area contributed by atoms with E-state index in [0.29, 0.717) is 6.04 Å². The molecular weight excluding hydrogens is 246 g/mol. The van der Waals surface area contributed by atoms with E-state index in [4.69, 9.17) is 4.42 Å². The zero-order valence-electron chi connectivity index (χ0n) is 12.1. The van der Waals surface area contributed by atoms with Crippen molar-refractivity contribution >= 4 is 11.0 Å². The van der Waals surface area contributed by atoms with Gasteiger partial charge in [0.15, 0.2) is 0 Å². The normalized spacial score (nSPS) is 30.1. The van der Waals surface area contributed by atoms with Gasteiger partial charge >= 0.3 is 0 Å². The van der Waals surface area contributed by atoms with Gasteiger partial charge in [0.05, 0.1) is 6.26 Å². The van der Waals surface area contributed by atoms with Gasteiger partial charge in [-0.25, -0.2) is 0 Å². The Morgan fingerprint density at radius 1 is 1.25 bits per heavy atom. The molecule has 2 fully saturated rings. The SMILES string of the molecule is CNC(CC1CC2CCC1C2)c1coc2ccccc12. The molecular formula is C18H23NO. The van der Waals surface area contributed by atoms with Gasteiger partial charge in [0, 0.05) is 17.0 Å². The Bertz CT molecular complexity index is 602. The number of hydrogen-bond donors (Lipinski definition) is 1. The summed E-state index contributed by atoms with van der Waals surface area (Å²) >= 11 is 0. The van der Waals surface area contributed by atoms with Crippen molar-refractivity contribution < 1.29 is 4.42 Å². The monoisotopic (exact) mass is 269 g/mol. The minimum absolute atomic E-state index is 0.433. The van der Waals surface area contributed by atoms with E-state index in [2.05, 4.69) is 30.6 Å². The van der Waals surface area contributed by atoms with Crippen molar-refractivity contribution in [2.24, 2.45) is 17.8 Å². The first-order valence-corrected chi connectivity index (χ1v) is 7.98. The second kappa shape index (κ2) is 4.92. The van der Waals surface area contributed by atoms with Gasteiger partial charge in [-0.3, -0.25) is 0 Å². The van der Waals surface area contributed by atoms with Gasteiger partial charge < -0.3 is 9.73 Å². The lowest BCUT2D eigenvalue weighted by atomic mass is 9.83. The highest BCUT2D eigenvalue weighted by Crippen LogP contribution is 2.51. The van der Waals surface area contributed by atoms with Crippen LogP contribution in [0, 0.1) is 17.8 Å². The van der Waals surface area contributed by atoms with Gasteiger partial charge in [0.1, 0.15) is 5.58 Å². The van der Waals surface area contributed by atoms with Crippen LogP contribution in [0.15, 0.2) is 34.9 Å². The van der Waals surface area contributed by atoms with Crippen molar-refractivity contribution in [1.82, 2.24) is 5.32 Å². The van der Waals surface area contributed by atoms with Crippen LogP contribution in [0.2, 0.25) is 0 Å². The van der Waals surface area contributed by atoms with Crippen LogP contribution in [-0.2, 0) is 0 Å². The van der Waals surface area contributed by atoms with Gasteiger partial charge in [-0.1, -0.05) is 24.6 Å². The Kier molecular flexibility index (Phi) is 3.07. The van der Waals surface area contributed by atoms with Crippen LogP contribution >= 0.6 is 0 Å². The standard InChI is InChI=1S/C18H23NO/c1-19-17(10-14-9-12-6-7-13(14)8-12)16-11-20-18-5-3-2-4-15(16)18/h2-5,11-14,17,19H,6-10H2,1H3. The minimum atomic E-state index is 0.433. The van der Waals surface area contributed by atoms with Crippen LogP contribution in [0.4, 0.5) is 0 Å². The van der Waals surface area contributed by atoms with E-state index in [1.165, 1.54) is 43.1 Å². The Hall–Kier alpha value is -1.28. The van der Waals surface area contributed by atoms with Gasteiger partial charge in [0.2, 0.25) is 0 Å². The summed E-state index contributed by atoms with van der Waals surface area (Å²) in [6.07, 6.45) is 9.13. The predicted molar refractivity (Wildman–Crippen MR) is 81.6 cm³/mol. The topological polar surface area (TPSA) is 25.2 Å². The average Bonchev–Trinajstić information content (AvgIpc) is 3.19. The fraction of sp³-hybridized carbons (Fsp3) is 0.556. The van der Waals surface area contributed by atoms with Crippen molar-refractivity contribution in [2.45, 2.75) is 38.1 Å². The third-order valence-electron chi connectivity index (χ3n) is 5.66. The quantitative estimate of drug-likeness (QED) is 0.882. The van der Waals surface area contributed by atoms with Gasteiger partial charge in [-0.2, -0.15) is 0 Å². The van der Waals surface area contributed by atoms with E-state index in [1.54, 1.807) is 0 Å². The summed E-state index contributed by atoms with van der Waals surface area (Å²) in [6.45, 7) is 0. The summed E-state index contributed by atoms with van der Waals surface area (Å²) in [5.41, 5.74) is 2.35. The highest BCUT2D eigenvalue weighted by molar-refractivity contribution is 5.81. The second-order valence-corrected chi connectivity index (χ2v) is 6.70. The summed E-state index contributed by atoms with van der Waals surface area (Å²) in [4.78, 5) is 0. The van der Waals surface area contributed by atoms with E-state index < -0.39 is 0 Å². The Morgan fingerprint density at radius 2 is 2.15 bits per heavy atom. The molecule has 4 atom stereocenters. The molecule has 0 saturated heterocycles. The summed E-state index contributed by atoms with van der Waals surface area (Å²) < 4.78 is 5.72. The number of rotatable bonds is 4. The molecule has 4 rings (SSSR count). The van der Waals surface area contributed by atoms with E-state index in [0.717, 1.165) is 23.3 Å². The highest BCUT2D eigenvalue weighted by atomic mass is 16.3. The van der Waals surface area contributed by atoms with Crippen LogP contribution in [0.1, 0.15) is 43.7 Å². The van der Waals surface area contributed by atoms with E-state index in [1.807, 2.05) is 12.3 Å². The summed E-state index contributed by atoms with van der Waals surface area (Å²) in [7, 11) is 2.08. The summed E-state index contributed by atoms with van der Waals surface area (Å²) in [6, 6.07) is 8.82. The number of nitrogens with one attached hydrogen (secondary N) is 1. The molecule has 2 saturated carbocycles. The molecule has 2 aromatic rings. The molecule has 2 heteroatoms. The molecule has 1 heterocycles. The molecule has 0 amide bonds. The van der Waals surface area contributed by atoms with E-state index >= 15 is 0 Å².